The first-order valence-electron chi connectivity index (χ1n) is 7.09. The number of aryl methyl sites for hydroxylation is 3. The van der Waals surface area contributed by atoms with Crippen LogP contribution in [0.25, 0.3) is 0 Å². The van der Waals surface area contributed by atoms with E-state index in [1.54, 1.807) is 13.8 Å². The fraction of sp³-hybridized carbons (Fsp3) is 0.412. The maximum Gasteiger partial charge on any atom is 0.129 e. The van der Waals surface area contributed by atoms with Crippen LogP contribution in [0, 0.1) is 26.6 Å². The van der Waals surface area contributed by atoms with Crippen molar-refractivity contribution in [2.75, 3.05) is 6.54 Å². The van der Waals surface area contributed by atoms with E-state index in [0.29, 0.717) is 11.1 Å². The lowest BCUT2D eigenvalue weighted by atomic mass is 9.99. The van der Waals surface area contributed by atoms with Crippen LogP contribution in [0.3, 0.4) is 0 Å². The Morgan fingerprint density at radius 3 is 2.30 bits per heavy atom. The summed E-state index contributed by atoms with van der Waals surface area (Å²) in [6, 6.07) is 7.71. The van der Waals surface area contributed by atoms with Crippen molar-refractivity contribution in [3.8, 4) is 0 Å². The van der Waals surface area contributed by atoms with Crippen molar-refractivity contribution < 1.29 is 8.81 Å². The van der Waals surface area contributed by atoms with E-state index in [0.717, 1.165) is 30.0 Å². The molecule has 1 heterocycles. The fourth-order valence-electron chi connectivity index (χ4n) is 2.43. The highest BCUT2D eigenvalue weighted by Gasteiger charge is 2.18. The Labute approximate surface area is 120 Å². The molecule has 1 aromatic heterocycles. The Kier molecular flexibility index (Phi) is 4.61. The molecule has 1 N–H and O–H groups in total. The lowest BCUT2D eigenvalue weighted by Gasteiger charge is -2.18. The largest absolute Gasteiger partial charge is 0.464 e. The summed E-state index contributed by atoms with van der Waals surface area (Å²) in [7, 11) is 0. The molecule has 2 rings (SSSR count). The van der Waals surface area contributed by atoms with E-state index in [2.05, 4.69) is 12.2 Å². The maximum absolute atomic E-state index is 13.8. The summed E-state index contributed by atoms with van der Waals surface area (Å²) in [5.74, 6) is 1.64. The Morgan fingerprint density at radius 2 is 1.80 bits per heavy atom. The van der Waals surface area contributed by atoms with E-state index in [1.165, 1.54) is 0 Å². The van der Waals surface area contributed by atoms with Crippen molar-refractivity contribution in [1.82, 2.24) is 5.32 Å². The molecule has 1 aromatic carbocycles. The van der Waals surface area contributed by atoms with Gasteiger partial charge in [-0.2, -0.15) is 0 Å². The SMILES string of the molecule is CCCNC(c1cc(C)c(F)c(C)c1)c1ccc(C)o1. The molecule has 2 nitrogen and oxygen atoms in total. The molecule has 2 aromatic rings. The third-order valence-corrected chi connectivity index (χ3v) is 3.44. The van der Waals surface area contributed by atoms with Crippen molar-refractivity contribution in [2.24, 2.45) is 0 Å². The second-order valence-electron chi connectivity index (χ2n) is 5.30. The first-order valence-corrected chi connectivity index (χ1v) is 7.09. The summed E-state index contributed by atoms with van der Waals surface area (Å²) in [4.78, 5) is 0. The number of hydrogen-bond donors (Lipinski definition) is 1. The van der Waals surface area contributed by atoms with Gasteiger partial charge in [0.1, 0.15) is 17.3 Å². The number of furan rings is 1. The molecule has 0 bridgehead atoms. The van der Waals surface area contributed by atoms with Crippen LogP contribution in [0.5, 0.6) is 0 Å². The minimum atomic E-state index is -0.126. The Balaban J connectivity index is 2.40. The smallest absolute Gasteiger partial charge is 0.129 e. The summed E-state index contributed by atoms with van der Waals surface area (Å²) in [6.07, 6.45) is 1.04. The first-order chi connectivity index (χ1) is 9.52. The number of nitrogens with one attached hydrogen (secondary N) is 1. The van der Waals surface area contributed by atoms with Crippen molar-refractivity contribution in [3.63, 3.8) is 0 Å². The minimum absolute atomic E-state index is 0.0263. The minimum Gasteiger partial charge on any atom is -0.464 e. The van der Waals surface area contributed by atoms with Gasteiger partial charge in [-0.25, -0.2) is 4.39 Å². The normalized spacial score (nSPS) is 12.7. The van der Waals surface area contributed by atoms with E-state index < -0.39 is 0 Å². The molecule has 0 aliphatic heterocycles. The van der Waals surface area contributed by atoms with E-state index in [1.807, 2.05) is 31.2 Å². The van der Waals surface area contributed by atoms with E-state index >= 15 is 0 Å². The molecule has 0 saturated carbocycles. The van der Waals surface area contributed by atoms with Gasteiger partial charge in [-0.05, 0) is 62.6 Å². The van der Waals surface area contributed by atoms with Crippen molar-refractivity contribution in [3.05, 3.63) is 58.3 Å². The van der Waals surface area contributed by atoms with Crippen molar-refractivity contribution in [2.45, 2.75) is 40.2 Å². The highest BCUT2D eigenvalue weighted by molar-refractivity contribution is 5.35. The molecule has 0 radical (unpaired) electrons. The van der Waals surface area contributed by atoms with E-state index in [9.17, 15) is 4.39 Å². The van der Waals surface area contributed by atoms with Gasteiger partial charge in [-0.15, -0.1) is 0 Å². The van der Waals surface area contributed by atoms with Crippen LogP contribution in [0.2, 0.25) is 0 Å². The van der Waals surface area contributed by atoms with Gasteiger partial charge in [0.05, 0.1) is 6.04 Å². The highest BCUT2D eigenvalue weighted by atomic mass is 19.1. The number of benzene rings is 1. The summed E-state index contributed by atoms with van der Waals surface area (Å²) < 4.78 is 19.5. The van der Waals surface area contributed by atoms with Crippen LogP contribution in [-0.2, 0) is 0 Å². The van der Waals surface area contributed by atoms with Gasteiger partial charge < -0.3 is 9.73 Å². The van der Waals surface area contributed by atoms with Gasteiger partial charge >= 0.3 is 0 Å². The van der Waals surface area contributed by atoms with Crippen LogP contribution in [0.4, 0.5) is 4.39 Å². The quantitative estimate of drug-likeness (QED) is 0.873. The zero-order valence-corrected chi connectivity index (χ0v) is 12.6. The lowest BCUT2D eigenvalue weighted by Crippen LogP contribution is -2.23. The Hall–Kier alpha value is -1.61. The summed E-state index contributed by atoms with van der Waals surface area (Å²) in [5.41, 5.74) is 2.39. The second kappa shape index (κ2) is 6.23. The second-order valence-corrected chi connectivity index (χ2v) is 5.30. The molecule has 3 heteroatoms. The van der Waals surface area contributed by atoms with Gasteiger partial charge in [0.2, 0.25) is 0 Å². The van der Waals surface area contributed by atoms with Gasteiger partial charge in [-0.3, -0.25) is 0 Å². The van der Waals surface area contributed by atoms with Crippen LogP contribution in [0.15, 0.2) is 28.7 Å². The van der Waals surface area contributed by atoms with Gasteiger partial charge in [0, 0.05) is 0 Å². The highest BCUT2D eigenvalue weighted by Crippen LogP contribution is 2.27. The molecule has 108 valence electrons. The predicted octanol–water partition coefficient (Wildman–Crippen LogP) is 4.43. The number of halogens is 1. The van der Waals surface area contributed by atoms with Crippen LogP contribution in [0.1, 0.15) is 47.6 Å². The molecule has 0 saturated heterocycles. The summed E-state index contributed by atoms with van der Waals surface area (Å²) >= 11 is 0. The Morgan fingerprint density at radius 1 is 1.15 bits per heavy atom. The zero-order valence-electron chi connectivity index (χ0n) is 12.6. The van der Waals surface area contributed by atoms with Crippen molar-refractivity contribution >= 4 is 0 Å². The molecule has 0 spiro atoms. The van der Waals surface area contributed by atoms with Crippen LogP contribution in [-0.4, -0.2) is 6.54 Å². The third kappa shape index (κ3) is 3.10. The number of rotatable bonds is 5. The summed E-state index contributed by atoms with van der Waals surface area (Å²) in [5, 5.41) is 3.47. The third-order valence-electron chi connectivity index (χ3n) is 3.44. The average molecular weight is 275 g/mol. The fourth-order valence-corrected chi connectivity index (χ4v) is 2.43. The number of hydrogen-bond acceptors (Lipinski definition) is 2. The summed E-state index contributed by atoms with van der Waals surface area (Å²) in [6.45, 7) is 8.55. The first kappa shape index (κ1) is 14.8. The monoisotopic (exact) mass is 275 g/mol. The van der Waals surface area contributed by atoms with Crippen LogP contribution >= 0.6 is 0 Å². The topological polar surface area (TPSA) is 25.2 Å². The molecule has 0 aliphatic carbocycles. The zero-order chi connectivity index (χ0) is 14.7. The van der Waals surface area contributed by atoms with Crippen molar-refractivity contribution in [1.29, 1.82) is 0 Å². The Bertz CT molecular complexity index is 565. The van der Waals surface area contributed by atoms with Gasteiger partial charge in [0.15, 0.2) is 0 Å². The van der Waals surface area contributed by atoms with E-state index in [4.69, 9.17) is 4.42 Å². The van der Waals surface area contributed by atoms with E-state index in [-0.39, 0.29) is 11.9 Å². The predicted molar refractivity (Wildman–Crippen MR) is 79.5 cm³/mol. The maximum atomic E-state index is 13.8. The average Bonchev–Trinajstić information content (AvgIpc) is 2.83. The standard InChI is InChI=1S/C17H22FNO/c1-5-8-19-17(15-7-6-13(4)20-15)14-9-11(2)16(18)12(3)10-14/h6-7,9-10,17,19H,5,8H2,1-4H3. The molecule has 0 fully saturated rings. The van der Waals surface area contributed by atoms with Gasteiger partial charge in [-0.1, -0.05) is 19.1 Å². The molecule has 20 heavy (non-hydrogen) atoms. The molecule has 0 aliphatic rings. The molecule has 0 amide bonds. The molecular weight excluding hydrogens is 253 g/mol. The lowest BCUT2D eigenvalue weighted by molar-refractivity contribution is 0.430. The van der Waals surface area contributed by atoms with Crippen LogP contribution < -0.4 is 5.32 Å². The van der Waals surface area contributed by atoms with Gasteiger partial charge in [0.25, 0.3) is 0 Å². The molecular formula is C17H22FNO. The molecule has 1 unspecified atom stereocenters. The molecule has 1 atom stereocenters.